The van der Waals surface area contributed by atoms with E-state index < -0.39 is 11.9 Å². The van der Waals surface area contributed by atoms with Crippen LogP contribution in [0.1, 0.15) is 30.1 Å². The van der Waals surface area contributed by atoms with Crippen molar-refractivity contribution in [2.75, 3.05) is 42.7 Å². The molecule has 0 aromatic heterocycles. The van der Waals surface area contributed by atoms with E-state index in [-0.39, 0.29) is 32.5 Å². The minimum absolute atomic E-state index is 0.187. The maximum Gasteiger partial charge on any atom is 0.340 e. The molecule has 0 unspecified atom stereocenters. The average Bonchev–Trinajstić information content (AvgIpc) is 2.47. The highest BCUT2D eigenvalue weighted by Gasteiger charge is 2.35. The zero-order valence-electron chi connectivity index (χ0n) is 12.8. The van der Waals surface area contributed by atoms with Crippen LogP contribution in [-0.2, 0) is 4.74 Å². The maximum absolute atomic E-state index is 13.3. The fourth-order valence-electron chi connectivity index (χ4n) is 2.53. The lowest BCUT2D eigenvalue weighted by atomic mass is 10.0. The van der Waals surface area contributed by atoms with Gasteiger partial charge in [-0.1, -0.05) is 0 Å². The van der Waals surface area contributed by atoms with Gasteiger partial charge in [0.15, 0.2) is 0 Å². The van der Waals surface area contributed by atoms with Crippen LogP contribution in [0.2, 0.25) is 0 Å². The average molecular weight is 313 g/mol. The Morgan fingerprint density at radius 2 is 2.05 bits per heavy atom. The number of carbonyl (C=O) groups is 1. The molecule has 122 valence electrons. The van der Waals surface area contributed by atoms with E-state index in [4.69, 9.17) is 10.5 Å². The zero-order valence-corrected chi connectivity index (χ0v) is 12.8. The van der Waals surface area contributed by atoms with E-state index in [1.54, 1.807) is 24.9 Å². The van der Waals surface area contributed by atoms with Crippen molar-refractivity contribution in [1.29, 1.82) is 0 Å². The van der Waals surface area contributed by atoms with E-state index in [9.17, 15) is 13.6 Å². The summed E-state index contributed by atoms with van der Waals surface area (Å²) < 4.78 is 31.7. The third-order valence-electron chi connectivity index (χ3n) is 3.77. The lowest BCUT2D eigenvalue weighted by Gasteiger charge is -2.34. The molecule has 0 aliphatic carbocycles. The predicted octanol–water partition coefficient (Wildman–Crippen LogP) is 2.72. The number of esters is 1. The second-order valence-electron chi connectivity index (χ2n) is 5.27. The summed E-state index contributed by atoms with van der Waals surface area (Å²) in [4.78, 5) is 13.9. The molecule has 2 rings (SSSR count). The van der Waals surface area contributed by atoms with Crippen LogP contribution in [0.15, 0.2) is 12.1 Å². The summed E-state index contributed by atoms with van der Waals surface area (Å²) >= 11 is 0. The summed E-state index contributed by atoms with van der Waals surface area (Å²) in [6, 6.07) is 3.25. The molecule has 5 nitrogen and oxygen atoms in total. The molecule has 1 heterocycles. The number of hydrogen-bond acceptors (Lipinski definition) is 5. The van der Waals surface area contributed by atoms with Crippen molar-refractivity contribution < 1.29 is 18.3 Å². The second-order valence-corrected chi connectivity index (χ2v) is 5.27. The van der Waals surface area contributed by atoms with Gasteiger partial charge in [0.05, 0.1) is 29.2 Å². The number of anilines is 3. The molecule has 1 aromatic carbocycles. The van der Waals surface area contributed by atoms with Gasteiger partial charge in [0.25, 0.3) is 5.92 Å². The summed E-state index contributed by atoms with van der Waals surface area (Å²) in [5, 5.41) is 2.94. The number of rotatable bonds is 4. The Bertz CT molecular complexity index is 554. The van der Waals surface area contributed by atoms with Crippen molar-refractivity contribution in [3.8, 4) is 0 Å². The number of ether oxygens (including phenoxy) is 1. The minimum atomic E-state index is -2.64. The lowest BCUT2D eigenvalue weighted by Crippen LogP contribution is -2.40. The fourth-order valence-corrected chi connectivity index (χ4v) is 2.53. The van der Waals surface area contributed by atoms with E-state index in [1.165, 1.54) is 6.07 Å². The normalized spacial score (nSPS) is 17.2. The van der Waals surface area contributed by atoms with Gasteiger partial charge in [-0.2, -0.15) is 0 Å². The highest BCUT2D eigenvalue weighted by Crippen LogP contribution is 2.35. The van der Waals surface area contributed by atoms with Gasteiger partial charge in [0, 0.05) is 33.0 Å². The molecule has 1 saturated heterocycles. The van der Waals surface area contributed by atoms with Crippen LogP contribution in [0.5, 0.6) is 0 Å². The smallest absolute Gasteiger partial charge is 0.340 e. The van der Waals surface area contributed by atoms with Crippen LogP contribution >= 0.6 is 0 Å². The highest BCUT2D eigenvalue weighted by molar-refractivity contribution is 5.99. The third kappa shape index (κ3) is 3.40. The largest absolute Gasteiger partial charge is 0.462 e. The molecule has 1 aliphatic rings. The van der Waals surface area contributed by atoms with Gasteiger partial charge in [-0.25, -0.2) is 13.6 Å². The number of nitrogens with zero attached hydrogens (tertiary/aromatic N) is 1. The summed E-state index contributed by atoms with van der Waals surface area (Å²) in [5.41, 5.74) is 7.85. The van der Waals surface area contributed by atoms with E-state index in [0.29, 0.717) is 22.6 Å². The van der Waals surface area contributed by atoms with Crippen molar-refractivity contribution in [3.63, 3.8) is 0 Å². The van der Waals surface area contributed by atoms with Gasteiger partial charge >= 0.3 is 5.97 Å². The molecule has 22 heavy (non-hydrogen) atoms. The highest BCUT2D eigenvalue weighted by atomic mass is 19.3. The topological polar surface area (TPSA) is 67.6 Å². The molecule has 0 saturated carbocycles. The Kier molecular flexibility index (Phi) is 4.73. The van der Waals surface area contributed by atoms with Crippen LogP contribution in [0.3, 0.4) is 0 Å². The van der Waals surface area contributed by atoms with Gasteiger partial charge in [-0.15, -0.1) is 0 Å². The Labute approximate surface area is 128 Å². The van der Waals surface area contributed by atoms with Crippen molar-refractivity contribution in [3.05, 3.63) is 17.7 Å². The van der Waals surface area contributed by atoms with E-state index in [0.717, 1.165) is 0 Å². The molecule has 0 amide bonds. The number of benzene rings is 1. The summed E-state index contributed by atoms with van der Waals surface area (Å²) in [7, 11) is 1.71. The molecule has 0 bridgehead atoms. The number of nitrogens with two attached hydrogens (primary N) is 1. The molecule has 0 spiro atoms. The van der Waals surface area contributed by atoms with Crippen LogP contribution in [0, 0.1) is 0 Å². The Morgan fingerprint density at radius 3 is 2.59 bits per heavy atom. The molecule has 1 aromatic rings. The second kappa shape index (κ2) is 6.37. The van der Waals surface area contributed by atoms with Gasteiger partial charge in [-0.3, -0.25) is 0 Å². The van der Waals surface area contributed by atoms with Crippen LogP contribution in [-0.4, -0.2) is 38.6 Å². The molecule has 7 heteroatoms. The molecule has 1 fully saturated rings. The number of nitrogens with one attached hydrogen (secondary N) is 1. The number of nitrogen functional groups attached to an aromatic ring is 1. The first kappa shape index (κ1) is 16.3. The molecule has 3 N–H and O–H groups in total. The number of halogens is 2. The summed E-state index contributed by atoms with van der Waals surface area (Å²) in [6.07, 6.45) is -0.455. The Morgan fingerprint density at radius 1 is 1.41 bits per heavy atom. The molecular weight excluding hydrogens is 292 g/mol. The fraction of sp³-hybridized carbons (Fsp3) is 0.533. The minimum Gasteiger partial charge on any atom is -0.462 e. The number of hydrogen-bond donors (Lipinski definition) is 2. The predicted molar refractivity (Wildman–Crippen MR) is 82.8 cm³/mol. The van der Waals surface area contributed by atoms with E-state index in [1.807, 2.05) is 0 Å². The monoisotopic (exact) mass is 313 g/mol. The Hall–Kier alpha value is -2.05. The van der Waals surface area contributed by atoms with Crippen molar-refractivity contribution in [2.45, 2.75) is 25.7 Å². The van der Waals surface area contributed by atoms with Gasteiger partial charge in [-0.05, 0) is 19.1 Å². The third-order valence-corrected chi connectivity index (χ3v) is 3.77. The van der Waals surface area contributed by atoms with E-state index >= 15 is 0 Å². The van der Waals surface area contributed by atoms with Crippen molar-refractivity contribution in [2.24, 2.45) is 0 Å². The van der Waals surface area contributed by atoms with Gasteiger partial charge < -0.3 is 20.7 Å². The van der Waals surface area contributed by atoms with Crippen LogP contribution in [0.4, 0.5) is 25.8 Å². The zero-order chi connectivity index (χ0) is 16.3. The first-order valence-electron chi connectivity index (χ1n) is 7.29. The first-order chi connectivity index (χ1) is 10.4. The van der Waals surface area contributed by atoms with E-state index in [2.05, 4.69) is 5.32 Å². The van der Waals surface area contributed by atoms with Gasteiger partial charge in [0.2, 0.25) is 0 Å². The number of carbonyl (C=O) groups excluding carboxylic acids is 1. The molecule has 0 radical (unpaired) electrons. The summed E-state index contributed by atoms with van der Waals surface area (Å²) in [5.74, 6) is -3.13. The SMILES string of the molecule is CCOC(=O)c1cc(N)c(NC)cc1N1CCC(F)(F)CC1. The summed E-state index contributed by atoms with van der Waals surface area (Å²) in [6.45, 7) is 2.33. The number of piperidine rings is 1. The standard InChI is InChI=1S/C15H21F2N3O2/c1-3-22-14(21)10-8-11(18)12(19-2)9-13(10)20-6-4-15(16,17)5-7-20/h8-9,19H,3-7,18H2,1-2H3. The molecular formula is C15H21F2N3O2. The van der Waals surface area contributed by atoms with Crippen molar-refractivity contribution in [1.82, 2.24) is 0 Å². The van der Waals surface area contributed by atoms with Crippen LogP contribution < -0.4 is 16.0 Å². The van der Waals surface area contributed by atoms with Crippen molar-refractivity contribution >= 4 is 23.0 Å². The van der Waals surface area contributed by atoms with Gasteiger partial charge in [0.1, 0.15) is 0 Å². The maximum atomic E-state index is 13.3. The Balaban J connectivity index is 2.37. The number of alkyl halides is 2. The quantitative estimate of drug-likeness (QED) is 0.661. The first-order valence-corrected chi connectivity index (χ1v) is 7.29. The molecule has 1 aliphatic heterocycles. The van der Waals surface area contributed by atoms with Crippen LogP contribution in [0.25, 0.3) is 0 Å². The molecule has 0 atom stereocenters. The lowest BCUT2D eigenvalue weighted by molar-refractivity contribution is -0.0220.